The Labute approximate surface area is 138 Å². The first-order valence-electron chi connectivity index (χ1n) is 7.32. The predicted octanol–water partition coefficient (Wildman–Crippen LogP) is 3.72. The Balaban J connectivity index is 1.74. The second-order valence-electron chi connectivity index (χ2n) is 5.06. The number of carbonyl (C=O) groups excluding carboxylic acids is 1. The molecular formula is C17H16N4OS. The molecule has 0 bridgehead atoms. The molecule has 2 heterocycles. The molecule has 116 valence electrons. The Bertz CT molecular complexity index is 809. The minimum absolute atomic E-state index is 0.193. The van der Waals surface area contributed by atoms with Crippen LogP contribution in [-0.4, -0.2) is 21.1 Å². The third-order valence-corrected chi connectivity index (χ3v) is 4.18. The fourth-order valence-electron chi connectivity index (χ4n) is 2.11. The highest BCUT2D eigenvalue weighted by molar-refractivity contribution is 7.15. The zero-order valence-electron chi connectivity index (χ0n) is 12.9. The quantitative estimate of drug-likeness (QED) is 0.794. The first kappa shape index (κ1) is 15.3. The van der Waals surface area contributed by atoms with Crippen LogP contribution in [0.15, 0.2) is 42.6 Å². The summed E-state index contributed by atoms with van der Waals surface area (Å²) < 4.78 is 0. The number of nitrogens with zero attached hydrogens (tertiary/aromatic N) is 3. The molecule has 0 unspecified atom stereocenters. The highest BCUT2D eigenvalue weighted by Gasteiger charge is 2.09. The van der Waals surface area contributed by atoms with Crippen LogP contribution in [0.4, 0.5) is 5.13 Å². The van der Waals surface area contributed by atoms with Crippen molar-refractivity contribution in [1.29, 1.82) is 0 Å². The van der Waals surface area contributed by atoms with E-state index < -0.39 is 0 Å². The normalized spacial score (nSPS) is 10.5. The van der Waals surface area contributed by atoms with Crippen molar-refractivity contribution < 1.29 is 4.79 Å². The van der Waals surface area contributed by atoms with E-state index in [9.17, 15) is 4.79 Å². The molecule has 5 nitrogen and oxygen atoms in total. The molecule has 1 aromatic carbocycles. The summed E-state index contributed by atoms with van der Waals surface area (Å²) in [6, 6.07) is 11.4. The van der Waals surface area contributed by atoms with Crippen molar-refractivity contribution in [3.63, 3.8) is 0 Å². The number of amides is 1. The second-order valence-corrected chi connectivity index (χ2v) is 6.24. The number of rotatable bonds is 4. The topological polar surface area (TPSA) is 67.8 Å². The summed E-state index contributed by atoms with van der Waals surface area (Å²) in [6.45, 7) is 3.95. The lowest BCUT2D eigenvalue weighted by Crippen LogP contribution is -2.11. The molecule has 0 saturated carbocycles. The maximum absolute atomic E-state index is 12.2. The second kappa shape index (κ2) is 6.66. The van der Waals surface area contributed by atoms with Gasteiger partial charge < -0.3 is 0 Å². The largest absolute Gasteiger partial charge is 0.296 e. The van der Waals surface area contributed by atoms with Crippen LogP contribution in [0.1, 0.15) is 27.9 Å². The summed E-state index contributed by atoms with van der Waals surface area (Å²) in [4.78, 5) is 16.6. The maximum Gasteiger partial charge on any atom is 0.257 e. The monoisotopic (exact) mass is 324 g/mol. The molecule has 0 aliphatic rings. The Hall–Kier alpha value is -2.60. The molecule has 1 N–H and O–H groups in total. The summed E-state index contributed by atoms with van der Waals surface area (Å²) in [5.41, 5.74) is 3.66. The number of nitrogens with one attached hydrogen (secondary N) is 1. The Morgan fingerprint density at radius 2 is 1.91 bits per heavy atom. The van der Waals surface area contributed by atoms with E-state index in [1.54, 1.807) is 12.1 Å². The highest BCUT2D eigenvalue weighted by atomic mass is 32.1. The third-order valence-electron chi connectivity index (χ3n) is 3.42. The number of hydrogen-bond acceptors (Lipinski definition) is 5. The first-order valence-corrected chi connectivity index (χ1v) is 8.14. The van der Waals surface area contributed by atoms with Gasteiger partial charge in [-0.05, 0) is 37.1 Å². The van der Waals surface area contributed by atoms with Gasteiger partial charge in [-0.1, -0.05) is 36.5 Å². The molecule has 0 radical (unpaired) electrons. The van der Waals surface area contributed by atoms with Crippen molar-refractivity contribution in [3.05, 3.63) is 58.7 Å². The zero-order valence-corrected chi connectivity index (χ0v) is 13.7. The van der Waals surface area contributed by atoms with Crippen molar-refractivity contribution in [2.75, 3.05) is 5.32 Å². The fraction of sp³-hybridized carbons (Fsp3) is 0.176. The van der Waals surface area contributed by atoms with Gasteiger partial charge in [-0.25, -0.2) is 0 Å². The number of carbonyl (C=O) groups is 1. The van der Waals surface area contributed by atoms with Crippen LogP contribution in [0.3, 0.4) is 0 Å². The van der Waals surface area contributed by atoms with E-state index in [0.717, 1.165) is 22.7 Å². The van der Waals surface area contributed by atoms with Gasteiger partial charge in [-0.15, -0.1) is 10.2 Å². The van der Waals surface area contributed by atoms with Gasteiger partial charge in [-0.3, -0.25) is 15.1 Å². The van der Waals surface area contributed by atoms with Gasteiger partial charge in [-0.2, -0.15) is 0 Å². The van der Waals surface area contributed by atoms with Crippen LogP contribution >= 0.6 is 11.3 Å². The minimum Gasteiger partial charge on any atom is -0.296 e. The lowest BCUT2D eigenvalue weighted by molar-refractivity contribution is 0.102. The summed E-state index contributed by atoms with van der Waals surface area (Å²) in [7, 11) is 0. The SMILES string of the molecule is CCc1ccc(-c2ccc(C(=O)Nc3nnc(C)s3)cc2)nc1. The van der Waals surface area contributed by atoms with Gasteiger partial charge in [0.2, 0.25) is 5.13 Å². The average Bonchev–Trinajstić information content (AvgIpc) is 3.00. The van der Waals surface area contributed by atoms with Crippen molar-refractivity contribution >= 4 is 22.4 Å². The van der Waals surface area contributed by atoms with Crippen LogP contribution in [0.5, 0.6) is 0 Å². The first-order chi connectivity index (χ1) is 11.2. The van der Waals surface area contributed by atoms with E-state index in [4.69, 9.17) is 0 Å². The van der Waals surface area contributed by atoms with Gasteiger partial charge in [0.05, 0.1) is 5.69 Å². The molecule has 0 fully saturated rings. The summed E-state index contributed by atoms with van der Waals surface area (Å²) in [6.07, 6.45) is 2.85. The van der Waals surface area contributed by atoms with Crippen LogP contribution < -0.4 is 5.32 Å². The Morgan fingerprint density at radius 3 is 2.48 bits per heavy atom. The van der Waals surface area contributed by atoms with Crippen LogP contribution in [0, 0.1) is 6.92 Å². The number of anilines is 1. The predicted molar refractivity (Wildman–Crippen MR) is 91.7 cm³/mol. The molecule has 0 saturated heterocycles. The number of aromatic nitrogens is 3. The standard InChI is InChI=1S/C17H16N4OS/c1-3-12-4-9-15(18-10-12)13-5-7-14(8-6-13)16(22)19-17-21-20-11(2)23-17/h4-10H,3H2,1-2H3,(H,19,21,22). The van der Waals surface area contributed by atoms with Crippen molar-refractivity contribution in [1.82, 2.24) is 15.2 Å². The minimum atomic E-state index is -0.193. The number of benzene rings is 1. The van der Waals surface area contributed by atoms with Gasteiger partial charge in [0, 0.05) is 17.3 Å². The van der Waals surface area contributed by atoms with Crippen molar-refractivity contribution in [2.45, 2.75) is 20.3 Å². The lowest BCUT2D eigenvalue weighted by Gasteiger charge is -2.04. The highest BCUT2D eigenvalue weighted by Crippen LogP contribution is 2.19. The van der Waals surface area contributed by atoms with Crippen LogP contribution in [0.25, 0.3) is 11.3 Å². The number of hydrogen-bond donors (Lipinski definition) is 1. The number of aryl methyl sites for hydroxylation is 2. The molecule has 1 amide bonds. The summed E-state index contributed by atoms with van der Waals surface area (Å²) >= 11 is 1.35. The van der Waals surface area contributed by atoms with Gasteiger partial charge in [0.25, 0.3) is 5.91 Å². The summed E-state index contributed by atoms with van der Waals surface area (Å²) in [5.74, 6) is -0.193. The molecule has 23 heavy (non-hydrogen) atoms. The van der Waals surface area contributed by atoms with E-state index in [0.29, 0.717) is 10.7 Å². The zero-order chi connectivity index (χ0) is 16.2. The number of pyridine rings is 1. The smallest absolute Gasteiger partial charge is 0.257 e. The Kier molecular flexibility index (Phi) is 4.43. The molecule has 3 rings (SSSR count). The van der Waals surface area contributed by atoms with Gasteiger partial charge >= 0.3 is 0 Å². The van der Waals surface area contributed by atoms with E-state index in [-0.39, 0.29) is 5.91 Å². The molecule has 0 aliphatic heterocycles. The summed E-state index contributed by atoms with van der Waals surface area (Å²) in [5, 5.41) is 11.8. The van der Waals surface area contributed by atoms with E-state index >= 15 is 0 Å². The van der Waals surface area contributed by atoms with E-state index in [1.165, 1.54) is 16.9 Å². The van der Waals surface area contributed by atoms with Gasteiger partial charge in [0.15, 0.2) is 0 Å². The van der Waals surface area contributed by atoms with E-state index in [2.05, 4.69) is 33.5 Å². The molecule has 0 atom stereocenters. The molecule has 2 aromatic heterocycles. The van der Waals surface area contributed by atoms with Crippen LogP contribution in [-0.2, 0) is 6.42 Å². The fourth-order valence-corrected chi connectivity index (χ4v) is 2.70. The molecular weight excluding hydrogens is 308 g/mol. The maximum atomic E-state index is 12.2. The molecule has 6 heteroatoms. The van der Waals surface area contributed by atoms with Crippen LogP contribution in [0.2, 0.25) is 0 Å². The van der Waals surface area contributed by atoms with Crippen molar-refractivity contribution in [3.8, 4) is 11.3 Å². The van der Waals surface area contributed by atoms with Gasteiger partial charge in [0.1, 0.15) is 5.01 Å². The Morgan fingerprint density at radius 1 is 1.13 bits per heavy atom. The molecule has 0 aliphatic carbocycles. The third kappa shape index (κ3) is 3.60. The van der Waals surface area contributed by atoms with E-state index in [1.807, 2.05) is 31.3 Å². The molecule has 0 spiro atoms. The molecule has 3 aromatic rings. The average molecular weight is 324 g/mol. The lowest BCUT2D eigenvalue weighted by atomic mass is 10.1. The van der Waals surface area contributed by atoms with Crippen molar-refractivity contribution in [2.24, 2.45) is 0 Å².